The third-order valence-electron chi connectivity index (χ3n) is 2.66. The van der Waals surface area contributed by atoms with E-state index in [2.05, 4.69) is 41.9 Å². The van der Waals surface area contributed by atoms with Crippen LogP contribution in [0.5, 0.6) is 5.75 Å². The predicted octanol–water partition coefficient (Wildman–Crippen LogP) is 6.08. The molecule has 0 saturated carbocycles. The minimum Gasteiger partial charge on any atom is -0.434 e. The fraction of sp³-hybridized carbons (Fsp3) is 0.143. The Morgan fingerprint density at radius 1 is 1.19 bits per heavy atom. The smallest absolute Gasteiger partial charge is 0.387 e. The van der Waals surface area contributed by atoms with Crippen LogP contribution in [0.15, 0.2) is 45.3 Å². The SMILES string of the molecule is FC(F)Oc1ccc(Br)cc1CNc1cccc(Cl)c1Br. The lowest BCUT2D eigenvalue weighted by Crippen LogP contribution is -2.07. The molecular formula is C14H10Br2ClF2NO. The van der Waals surface area contributed by atoms with E-state index in [9.17, 15) is 8.78 Å². The van der Waals surface area contributed by atoms with E-state index in [0.29, 0.717) is 17.1 Å². The molecule has 0 aliphatic rings. The molecule has 0 unspecified atom stereocenters. The number of anilines is 1. The largest absolute Gasteiger partial charge is 0.434 e. The zero-order valence-electron chi connectivity index (χ0n) is 10.5. The zero-order chi connectivity index (χ0) is 15.4. The van der Waals surface area contributed by atoms with Crippen molar-refractivity contribution in [3.8, 4) is 5.75 Å². The van der Waals surface area contributed by atoms with Crippen molar-refractivity contribution >= 4 is 49.1 Å². The number of hydrogen-bond donors (Lipinski definition) is 1. The summed E-state index contributed by atoms with van der Waals surface area (Å²) in [6.45, 7) is -2.54. The van der Waals surface area contributed by atoms with Crippen LogP contribution in [0.2, 0.25) is 5.02 Å². The summed E-state index contributed by atoms with van der Waals surface area (Å²) < 4.78 is 30.8. The highest BCUT2D eigenvalue weighted by Crippen LogP contribution is 2.31. The lowest BCUT2D eigenvalue weighted by atomic mass is 10.2. The molecule has 0 aliphatic heterocycles. The molecule has 0 radical (unpaired) electrons. The van der Waals surface area contributed by atoms with Gasteiger partial charge >= 0.3 is 6.61 Å². The van der Waals surface area contributed by atoms with E-state index in [1.54, 1.807) is 24.3 Å². The Kier molecular flexibility index (Phi) is 5.84. The van der Waals surface area contributed by atoms with Crippen molar-refractivity contribution in [2.45, 2.75) is 13.2 Å². The summed E-state index contributed by atoms with van der Waals surface area (Å²) in [6.07, 6.45) is 0. The van der Waals surface area contributed by atoms with Gasteiger partial charge in [0.15, 0.2) is 0 Å². The van der Waals surface area contributed by atoms with Crippen molar-refractivity contribution < 1.29 is 13.5 Å². The fourth-order valence-electron chi connectivity index (χ4n) is 1.73. The molecule has 0 bridgehead atoms. The third kappa shape index (κ3) is 4.56. The molecule has 0 fully saturated rings. The second-order valence-corrected chi connectivity index (χ2v) is 6.20. The molecule has 21 heavy (non-hydrogen) atoms. The quantitative estimate of drug-likeness (QED) is 0.607. The monoisotopic (exact) mass is 439 g/mol. The van der Waals surface area contributed by atoms with Crippen LogP contribution in [0.4, 0.5) is 14.5 Å². The normalized spacial score (nSPS) is 10.8. The number of rotatable bonds is 5. The first-order valence-corrected chi connectivity index (χ1v) is 7.85. The van der Waals surface area contributed by atoms with Gasteiger partial charge in [-0.2, -0.15) is 8.78 Å². The summed E-state index contributed by atoms with van der Waals surface area (Å²) in [7, 11) is 0. The highest BCUT2D eigenvalue weighted by Gasteiger charge is 2.11. The summed E-state index contributed by atoms with van der Waals surface area (Å²) in [4.78, 5) is 0. The molecule has 0 saturated heterocycles. The van der Waals surface area contributed by atoms with Gasteiger partial charge in [-0.1, -0.05) is 33.6 Å². The lowest BCUT2D eigenvalue weighted by molar-refractivity contribution is -0.0504. The predicted molar refractivity (Wildman–Crippen MR) is 87.3 cm³/mol. The first-order chi connectivity index (χ1) is 9.97. The molecule has 0 spiro atoms. The van der Waals surface area contributed by atoms with Crippen LogP contribution in [0.1, 0.15) is 5.56 Å². The number of nitrogens with one attached hydrogen (secondary N) is 1. The van der Waals surface area contributed by atoms with Gasteiger partial charge < -0.3 is 10.1 Å². The van der Waals surface area contributed by atoms with Gasteiger partial charge in [-0.3, -0.25) is 0 Å². The van der Waals surface area contributed by atoms with Crippen molar-refractivity contribution in [2.24, 2.45) is 0 Å². The molecule has 0 aliphatic carbocycles. The topological polar surface area (TPSA) is 21.3 Å². The number of benzene rings is 2. The highest BCUT2D eigenvalue weighted by atomic mass is 79.9. The highest BCUT2D eigenvalue weighted by molar-refractivity contribution is 9.11. The van der Waals surface area contributed by atoms with Crippen molar-refractivity contribution in [3.63, 3.8) is 0 Å². The van der Waals surface area contributed by atoms with Crippen LogP contribution in [0.25, 0.3) is 0 Å². The van der Waals surface area contributed by atoms with Gasteiger partial charge in [0.1, 0.15) is 5.75 Å². The molecule has 0 amide bonds. The van der Waals surface area contributed by atoms with E-state index in [-0.39, 0.29) is 5.75 Å². The molecular weight excluding hydrogens is 431 g/mol. The molecule has 0 atom stereocenters. The molecule has 0 aromatic heterocycles. The number of ether oxygens (including phenoxy) is 1. The van der Waals surface area contributed by atoms with Gasteiger partial charge in [-0.05, 0) is 46.3 Å². The van der Waals surface area contributed by atoms with Gasteiger partial charge in [-0.25, -0.2) is 0 Å². The van der Waals surface area contributed by atoms with E-state index < -0.39 is 6.61 Å². The second-order valence-electron chi connectivity index (χ2n) is 4.09. The minimum absolute atomic E-state index is 0.138. The zero-order valence-corrected chi connectivity index (χ0v) is 14.5. The Labute approximate surface area is 142 Å². The minimum atomic E-state index is -2.86. The van der Waals surface area contributed by atoms with Crippen LogP contribution < -0.4 is 10.1 Å². The Balaban J connectivity index is 2.19. The van der Waals surface area contributed by atoms with Crippen molar-refractivity contribution in [3.05, 3.63) is 55.9 Å². The molecule has 112 valence electrons. The number of halogens is 5. The first-order valence-electron chi connectivity index (χ1n) is 5.88. The molecule has 2 rings (SSSR count). The molecule has 7 heteroatoms. The van der Waals surface area contributed by atoms with E-state index >= 15 is 0 Å². The first kappa shape index (κ1) is 16.5. The maximum Gasteiger partial charge on any atom is 0.387 e. The summed E-state index contributed by atoms with van der Waals surface area (Å²) in [5.74, 6) is 0.138. The molecule has 2 nitrogen and oxygen atoms in total. The second kappa shape index (κ2) is 7.42. The van der Waals surface area contributed by atoms with E-state index in [4.69, 9.17) is 11.6 Å². The standard InChI is InChI=1S/C14H10Br2ClF2NO/c15-9-4-5-12(21-14(18)19)8(6-9)7-20-11-3-1-2-10(17)13(11)16/h1-6,14,20H,7H2. The van der Waals surface area contributed by atoms with Gasteiger partial charge in [0.25, 0.3) is 0 Å². The van der Waals surface area contributed by atoms with Gasteiger partial charge in [0.2, 0.25) is 0 Å². The molecule has 2 aromatic carbocycles. The molecule has 2 aromatic rings. The Hall–Kier alpha value is -0.850. The average Bonchev–Trinajstić information content (AvgIpc) is 2.42. The van der Waals surface area contributed by atoms with Crippen LogP contribution in [-0.4, -0.2) is 6.61 Å². The van der Waals surface area contributed by atoms with Crippen molar-refractivity contribution in [1.29, 1.82) is 0 Å². The third-order valence-corrected chi connectivity index (χ3v) is 4.55. The van der Waals surface area contributed by atoms with Crippen LogP contribution in [0, 0.1) is 0 Å². The van der Waals surface area contributed by atoms with Gasteiger partial charge in [-0.15, -0.1) is 0 Å². The van der Waals surface area contributed by atoms with Crippen molar-refractivity contribution in [1.82, 2.24) is 0 Å². The van der Waals surface area contributed by atoms with Crippen molar-refractivity contribution in [2.75, 3.05) is 5.32 Å². The fourth-order valence-corrected chi connectivity index (χ4v) is 2.72. The van der Waals surface area contributed by atoms with E-state index in [1.807, 2.05) is 6.07 Å². The summed E-state index contributed by atoms with van der Waals surface area (Å²) in [6, 6.07) is 10.3. The Bertz CT molecular complexity index is 640. The summed E-state index contributed by atoms with van der Waals surface area (Å²) in [5.41, 5.74) is 1.38. The van der Waals surface area contributed by atoms with E-state index in [1.165, 1.54) is 6.07 Å². The number of alkyl halides is 2. The molecule has 1 N–H and O–H groups in total. The van der Waals surface area contributed by atoms with Gasteiger partial charge in [0.05, 0.1) is 15.2 Å². The summed E-state index contributed by atoms with van der Waals surface area (Å²) >= 11 is 12.7. The van der Waals surface area contributed by atoms with E-state index in [0.717, 1.165) is 14.6 Å². The number of hydrogen-bond acceptors (Lipinski definition) is 2. The Morgan fingerprint density at radius 2 is 1.95 bits per heavy atom. The van der Waals surface area contributed by atoms with Crippen LogP contribution >= 0.6 is 43.5 Å². The summed E-state index contributed by atoms with van der Waals surface area (Å²) in [5, 5.41) is 3.70. The van der Waals surface area contributed by atoms with Gasteiger partial charge in [0, 0.05) is 16.6 Å². The molecule has 0 heterocycles. The maximum atomic E-state index is 12.4. The van der Waals surface area contributed by atoms with Crippen LogP contribution in [-0.2, 0) is 6.54 Å². The Morgan fingerprint density at radius 3 is 2.67 bits per heavy atom. The average molecular weight is 441 g/mol. The maximum absolute atomic E-state index is 12.4. The lowest BCUT2D eigenvalue weighted by Gasteiger charge is -2.14. The van der Waals surface area contributed by atoms with Crippen LogP contribution in [0.3, 0.4) is 0 Å².